The number of nitrogens with one attached hydrogen (secondary N) is 1. The molecule has 2 atom stereocenters. The molecule has 3 N–H and O–H groups in total. The molecular weight excluding hydrogens is 418 g/mol. The Morgan fingerprint density at radius 3 is 2.45 bits per heavy atom. The van der Waals surface area contributed by atoms with Crippen LogP contribution in [0, 0.1) is 0 Å². The number of aliphatic hydroxyl groups is 2. The highest BCUT2D eigenvalue weighted by Crippen LogP contribution is 2.26. The van der Waals surface area contributed by atoms with Gasteiger partial charge in [0.2, 0.25) is 5.88 Å². The number of pyridine rings is 2. The highest BCUT2D eigenvalue weighted by Gasteiger charge is 2.12. The highest BCUT2D eigenvalue weighted by molar-refractivity contribution is 5.82. The minimum absolute atomic E-state index is 0.0455. The number of benzene rings is 2. The Bertz CT molecular complexity index is 1130. The first-order chi connectivity index (χ1) is 16.2. The quantitative estimate of drug-likeness (QED) is 0.326. The SMILES string of the molecule is OC[C@H](Cc1ccc(Oc2nccc3cccnc23)cc1)NCC(O)COc1ccccc1. The van der Waals surface area contributed by atoms with E-state index in [1.807, 2.05) is 72.8 Å². The summed E-state index contributed by atoms with van der Waals surface area (Å²) in [7, 11) is 0. The predicted molar refractivity (Wildman–Crippen MR) is 127 cm³/mol. The van der Waals surface area contributed by atoms with Crippen LogP contribution in [0.25, 0.3) is 10.9 Å². The van der Waals surface area contributed by atoms with Crippen molar-refractivity contribution in [3.63, 3.8) is 0 Å². The second kappa shape index (κ2) is 11.4. The molecule has 0 fully saturated rings. The second-order valence-corrected chi connectivity index (χ2v) is 7.71. The Morgan fingerprint density at radius 2 is 1.67 bits per heavy atom. The van der Waals surface area contributed by atoms with E-state index in [1.54, 1.807) is 12.4 Å². The number of hydrogen-bond acceptors (Lipinski definition) is 7. The van der Waals surface area contributed by atoms with E-state index in [9.17, 15) is 10.2 Å². The average molecular weight is 446 g/mol. The van der Waals surface area contributed by atoms with Crippen LogP contribution in [0.3, 0.4) is 0 Å². The van der Waals surface area contributed by atoms with E-state index in [2.05, 4.69) is 15.3 Å². The lowest BCUT2D eigenvalue weighted by Crippen LogP contribution is -2.41. The maximum Gasteiger partial charge on any atom is 0.246 e. The molecule has 170 valence electrons. The Morgan fingerprint density at radius 1 is 0.848 bits per heavy atom. The minimum Gasteiger partial charge on any atom is -0.491 e. The van der Waals surface area contributed by atoms with Gasteiger partial charge in [-0.15, -0.1) is 0 Å². The monoisotopic (exact) mass is 445 g/mol. The molecule has 0 amide bonds. The molecule has 7 heteroatoms. The first-order valence-electron chi connectivity index (χ1n) is 10.9. The summed E-state index contributed by atoms with van der Waals surface area (Å²) < 4.78 is 11.5. The van der Waals surface area contributed by atoms with Gasteiger partial charge in [-0.2, -0.15) is 0 Å². The van der Waals surface area contributed by atoms with Gasteiger partial charge >= 0.3 is 0 Å². The van der Waals surface area contributed by atoms with E-state index in [-0.39, 0.29) is 19.3 Å². The van der Waals surface area contributed by atoms with Gasteiger partial charge in [-0.25, -0.2) is 4.98 Å². The molecule has 1 unspecified atom stereocenters. The molecule has 0 aliphatic rings. The Kier molecular flexibility index (Phi) is 7.81. The summed E-state index contributed by atoms with van der Waals surface area (Å²) in [5, 5.41) is 24.1. The second-order valence-electron chi connectivity index (χ2n) is 7.71. The van der Waals surface area contributed by atoms with Crippen LogP contribution in [0.1, 0.15) is 5.56 Å². The van der Waals surface area contributed by atoms with Gasteiger partial charge in [0.15, 0.2) is 0 Å². The number of para-hydroxylation sites is 1. The van der Waals surface area contributed by atoms with Gasteiger partial charge in [0.25, 0.3) is 0 Å². The third kappa shape index (κ3) is 6.49. The van der Waals surface area contributed by atoms with Crippen LogP contribution in [0.5, 0.6) is 17.4 Å². The third-order valence-corrected chi connectivity index (χ3v) is 5.16. The largest absolute Gasteiger partial charge is 0.491 e. The highest BCUT2D eigenvalue weighted by atomic mass is 16.5. The Labute approximate surface area is 192 Å². The summed E-state index contributed by atoms with van der Waals surface area (Å²) >= 11 is 0. The van der Waals surface area contributed by atoms with Crippen molar-refractivity contribution in [3.8, 4) is 17.4 Å². The molecule has 4 rings (SSSR count). The summed E-state index contributed by atoms with van der Waals surface area (Å²) in [4.78, 5) is 8.66. The smallest absolute Gasteiger partial charge is 0.246 e. The summed E-state index contributed by atoms with van der Waals surface area (Å²) in [6.45, 7) is 0.452. The van der Waals surface area contributed by atoms with Gasteiger partial charge in [-0.3, -0.25) is 4.98 Å². The van der Waals surface area contributed by atoms with Crippen LogP contribution >= 0.6 is 0 Å². The lowest BCUT2D eigenvalue weighted by Gasteiger charge is -2.19. The average Bonchev–Trinajstić information content (AvgIpc) is 2.87. The van der Waals surface area contributed by atoms with Gasteiger partial charge in [0.05, 0.1) is 6.61 Å². The molecule has 0 aliphatic carbocycles. The summed E-state index contributed by atoms with van der Waals surface area (Å²) in [6, 6.07) is 22.6. The molecular formula is C26H27N3O4. The first kappa shape index (κ1) is 22.7. The molecule has 0 aliphatic heterocycles. The van der Waals surface area contributed by atoms with Crippen LogP contribution in [0.15, 0.2) is 85.2 Å². The predicted octanol–water partition coefficient (Wildman–Crippen LogP) is 3.36. The summed E-state index contributed by atoms with van der Waals surface area (Å²) in [5.41, 5.74) is 1.75. The molecule has 7 nitrogen and oxygen atoms in total. The van der Waals surface area contributed by atoms with Crippen molar-refractivity contribution >= 4 is 10.9 Å². The Balaban J connectivity index is 1.28. The molecule has 4 aromatic rings. The van der Waals surface area contributed by atoms with Crippen LogP contribution in [0.2, 0.25) is 0 Å². The van der Waals surface area contributed by atoms with Gasteiger partial charge in [-0.05, 0) is 48.4 Å². The summed E-state index contributed by atoms with van der Waals surface area (Å²) in [5.74, 6) is 1.83. The van der Waals surface area contributed by atoms with Crippen molar-refractivity contribution in [2.24, 2.45) is 0 Å². The van der Waals surface area contributed by atoms with E-state index < -0.39 is 6.10 Å². The normalized spacial score (nSPS) is 12.9. The van der Waals surface area contributed by atoms with Gasteiger partial charge < -0.3 is 25.0 Å². The number of ether oxygens (including phenoxy) is 2. The molecule has 2 heterocycles. The minimum atomic E-state index is -0.683. The fourth-order valence-corrected chi connectivity index (χ4v) is 3.41. The number of nitrogens with zero attached hydrogens (tertiary/aromatic N) is 2. The van der Waals surface area contributed by atoms with Crippen LogP contribution in [0.4, 0.5) is 0 Å². The molecule has 2 aromatic heterocycles. The van der Waals surface area contributed by atoms with E-state index in [0.29, 0.717) is 35.9 Å². The maximum atomic E-state index is 10.2. The number of hydrogen-bond donors (Lipinski definition) is 3. The lowest BCUT2D eigenvalue weighted by atomic mass is 10.1. The van der Waals surface area contributed by atoms with Crippen molar-refractivity contribution < 1.29 is 19.7 Å². The fourth-order valence-electron chi connectivity index (χ4n) is 3.41. The van der Waals surface area contributed by atoms with Gasteiger partial charge in [0, 0.05) is 30.4 Å². The van der Waals surface area contributed by atoms with Crippen LogP contribution in [-0.4, -0.2) is 52.1 Å². The van der Waals surface area contributed by atoms with Crippen molar-refractivity contribution in [1.29, 1.82) is 0 Å². The number of fused-ring (bicyclic) bond motifs is 1. The van der Waals surface area contributed by atoms with Crippen molar-refractivity contribution in [2.75, 3.05) is 19.8 Å². The Hall–Kier alpha value is -3.52. The molecule has 0 saturated carbocycles. The van der Waals surface area contributed by atoms with Gasteiger partial charge in [0.1, 0.15) is 29.7 Å². The van der Waals surface area contributed by atoms with Crippen molar-refractivity contribution in [1.82, 2.24) is 15.3 Å². The number of aromatic nitrogens is 2. The lowest BCUT2D eigenvalue weighted by molar-refractivity contribution is 0.0997. The van der Waals surface area contributed by atoms with Crippen LogP contribution < -0.4 is 14.8 Å². The van der Waals surface area contributed by atoms with Crippen molar-refractivity contribution in [2.45, 2.75) is 18.6 Å². The number of rotatable bonds is 11. The van der Waals surface area contributed by atoms with E-state index >= 15 is 0 Å². The first-order valence-corrected chi connectivity index (χ1v) is 10.9. The molecule has 33 heavy (non-hydrogen) atoms. The van der Waals surface area contributed by atoms with E-state index in [1.165, 1.54) is 0 Å². The van der Waals surface area contributed by atoms with E-state index in [4.69, 9.17) is 9.47 Å². The zero-order valence-corrected chi connectivity index (χ0v) is 18.2. The third-order valence-electron chi connectivity index (χ3n) is 5.16. The zero-order valence-electron chi connectivity index (χ0n) is 18.2. The van der Waals surface area contributed by atoms with Crippen LogP contribution in [-0.2, 0) is 6.42 Å². The molecule has 0 radical (unpaired) electrons. The molecule has 0 spiro atoms. The van der Waals surface area contributed by atoms with E-state index in [0.717, 1.165) is 10.9 Å². The maximum absolute atomic E-state index is 10.2. The number of aliphatic hydroxyl groups excluding tert-OH is 2. The van der Waals surface area contributed by atoms with Crippen molar-refractivity contribution in [3.05, 3.63) is 90.8 Å². The summed E-state index contributed by atoms with van der Waals surface area (Å²) in [6.07, 6.45) is 3.34. The standard InChI is InChI=1S/C26H27N3O4/c30-17-21(29-16-22(31)18-32-23-6-2-1-3-7-23)15-19-8-10-24(11-9-19)33-26-25-20(12-14-28-26)5-4-13-27-25/h1-14,21-22,29-31H,15-18H2/t21-,22?/m0/s1. The topological polar surface area (TPSA) is 96.7 Å². The molecule has 0 bridgehead atoms. The molecule has 2 aromatic carbocycles. The molecule has 0 saturated heterocycles. The van der Waals surface area contributed by atoms with Gasteiger partial charge in [-0.1, -0.05) is 36.4 Å². The fraction of sp³-hybridized carbons (Fsp3) is 0.231. The zero-order chi connectivity index (χ0) is 22.9.